The number of nitrogens with zero attached hydrogens (tertiary/aromatic N) is 1. The molecule has 3 rings (SSSR count). The van der Waals surface area contributed by atoms with Crippen molar-refractivity contribution < 1.29 is 27.5 Å². The third-order valence-electron chi connectivity index (χ3n) is 5.32. The highest BCUT2D eigenvalue weighted by Crippen LogP contribution is 2.35. The van der Waals surface area contributed by atoms with Gasteiger partial charge in [0.2, 0.25) is 5.91 Å². The highest BCUT2D eigenvalue weighted by Gasteiger charge is 2.40. The Bertz CT molecular complexity index is 933. The molecular weight excluding hydrogens is 433 g/mol. The molecule has 2 aromatic rings. The van der Waals surface area contributed by atoms with Gasteiger partial charge in [0, 0.05) is 35.5 Å². The Morgan fingerprint density at radius 2 is 1.74 bits per heavy atom. The van der Waals surface area contributed by atoms with Crippen molar-refractivity contribution in [3.05, 3.63) is 64.7 Å². The predicted octanol–water partition coefficient (Wildman–Crippen LogP) is 4.54. The second-order valence-corrected chi connectivity index (χ2v) is 8.23. The van der Waals surface area contributed by atoms with Gasteiger partial charge < -0.3 is 15.4 Å². The molecule has 0 bridgehead atoms. The van der Waals surface area contributed by atoms with Crippen molar-refractivity contribution in [1.82, 2.24) is 4.90 Å². The van der Waals surface area contributed by atoms with Crippen LogP contribution in [0.3, 0.4) is 0 Å². The minimum Gasteiger partial charge on any atom is -0.493 e. The molecule has 0 spiro atoms. The predicted molar refractivity (Wildman–Crippen MR) is 110 cm³/mol. The summed E-state index contributed by atoms with van der Waals surface area (Å²) in [6.45, 7) is 0.805. The molecule has 0 aliphatic carbocycles. The summed E-state index contributed by atoms with van der Waals surface area (Å²) >= 11 is 5.88. The summed E-state index contributed by atoms with van der Waals surface area (Å²) in [5, 5.41) is 0.560. The van der Waals surface area contributed by atoms with Crippen molar-refractivity contribution in [2.24, 2.45) is 11.1 Å². The molecule has 2 aromatic carbocycles. The van der Waals surface area contributed by atoms with Crippen molar-refractivity contribution >= 4 is 23.4 Å². The maximum absolute atomic E-state index is 12.9. The van der Waals surface area contributed by atoms with E-state index in [2.05, 4.69) is 0 Å². The number of benzene rings is 2. The smallest absolute Gasteiger partial charge is 0.416 e. The molecule has 1 aliphatic rings. The Balaban J connectivity index is 1.75. The Hall–Kier alpha value is -2.74. The van der Waals surface area contributed by atoms with Gasteiger partial charge in [0.25, 0.3) is 5.91 Å². The molecule has 5 nitrogen and oxygen atoms in total. The largest absolute Gasteiger partial charge is 0.493 e. The number of likely N-dealkylation sites (tertiary alicyclic amines) is 1. The van der Waals surface area contributed by atoms with Crippen LogP contribution in [0.15, 0.2) is 48.5 Å². The lowest BCUT2D eigenvalue weighted by Crippen LogP contribution is -2.50. The van der Waals surface area contributed by atoms with Gasteiger partial charge in [0.05, 0.1) is 12.2 Å². The number of ether oxygens (including phenoxy) is 1. The first kappa shape index (κ1) is 22.9. The number of amides is 2. The zero-order valence-electron chi connectivity index (χ0n) is 16.6. The standard InChI is InChI=1S/C22H22ClF3N2O3/c23-17-6-8-18(9-7-17)31-14-21(12-19(27)29)10-1-11-28(13-21)20(30)15-2-4-16(5-3-15)22(24,25)26/h2-9H,1,10-14H2,(H2,27,29)/t21-/m1/s1. The molecule has 0 radical (unpaired) electrons. The van der Waals surface area contributed by atoms with Crippen LogP contribution in [-0.2, 0) is 11.0 Å². The van der Waals surface area contributed by atoms with E-state index in [1.807, 2.05) is 0 Å². The molecule has 31 heavy (non-hydrogen) atoms. The molecule has 9 heteroatoms. The van der Waals surface area contributed by atoms with Crippen molar-refractivity contribution in [2.75, 3.05) is 19.7 Å². The average molecular weight is 455 g/mol. The zero-order chi connectivity index (χ0) is 22.6. The maximum atomic E-state index is 12.9. The topological polar surface area (TPSA) is 72.6 Å². The summed E-state index contributed by atoms with van der Waals surface area (Å²) in [4.78, 5) is 26.2. The first-order valence-electron chi connectivity index (χ1n) is 9.71. The summed E-state index contributed by atoms with van der Waals surface area (Å²) in [6, 6.07) is 10.9. The number of carbonyl (C=O) groups is 2. The van der Waals surface area contributed by atoms with Crippen LogP contribution in [0.1, 0.15) is 35.2 Å². The van der Waals surface area contributed by atoms with Gasteiger partial charge in [0.15, 0.2) is 0 Å². The maximum Gasteiger partial charge on any atom is 0.416 e. The fraction of sp³-hybridized carbons (Fsp3) is 0.364. The molecule has 1 aliphatic heterocycles. The first-order valence-corrected chi connectivity index (χ1v) is 10.1. The summed E-state index contributed by atoms with van der Waals surface area (Å²) in [5.74, 6) is -0.336. The lowest BCUT2D eigenvalue weighted by Gasteiger charge is -2.42. The number of piperidine rings is 1. The van der Waals surface area contributed by atoms with Gasteiger partial charge in [-0.05, 0) is 61.4 Å². The minimum atomic E-state index is -4.47. The molecule has 1 saturated heterocycles. The second-order valence-electron chi connectivity index (χ2n) is 7.79. The van der Waals surface area contributed by atoms with E-state index in [1.165, 1.54) is 12.1 Å². The van der Waals surface area contributed by atoms with Crippen LogP contribution in [0.2, 0.25) is 5.02 Å². The van der Waals surface area contributed by atoms with E-state index in [-0.39, 0.29) is 25.1 Å². The van der Waals surface area contributed by atoms with Gasteiger partial charge in [-0.3, -0.25) is 9.59 Å². The Morgan fingerprint density at radius 3 is 2.32 bits per heavy atom. The molecule has 1 fully saturated rings. The third-order valence-corrected chi connectivity index (χ3v) is 5.57. The van der Waals surface area contributed by atoms with E-state index in [1.54, 1.807) is 29.2 Å². The summed E-state index contributed by atoms with van der Waals surface area (Å²) in [6.07, 6.45) is -3.20. The summed E-state index contributed by atoms with van der Waals surface area (Å²) < 4.78 is 44.2. The first-order chi connectivity index (χ1) is 14.6. The quantitative estimate of drug-likeness (QED) is 0.696. The van der Waals surface area contributed by atoms with Crippen molar-refractivity contribution in [2.45, 2.75) is 25.4 Å². The lowest BCUT2D eigenvalue weighted by atomic mass is 9.77. The molecule has 1 atom stereocenters. The molecule has 1 heterocycles. The van der Waals surface area contributed by atoms with Gasteiger partial charge in [-0.1, -0.05) is 11.6 Å². The average Bonchev–Trinajstić information content (AvgIpc) is 2.72. The lowest BCUT2D eigenvalue weighted by molar-refractivity contribution is -0.137. The number of primary amides is 1. The van der Waals surface area contributed by atoms with Crippen LogP contribution in [0.25, 0.3) is 0 Å². The van der Waals surface area contributed by atoms with Gasteiger partial charge in [-0.15, -0.1) is 0 Å². The SMILES string of the molecule is NC(=O)C[C@]1(COc2ccc(Cl)cc2)CCCN(C(=O)c2ccc(C(F)(F)F)cc2)C1. The van der Waals surface area contributed by atoms with Crippen LogP contribution in [-0.4, -0.2) is 36.4 Å². The second kappa shape index (κ2) is 9.18. The Kier molecular flexibility index (Phi) is 6.79. The molecule has 2 amide bonds. The van der Waals surface area contributed by atoms with E-state index in [0.717, 1.165) is 12.1 Å². The van der Waals surface area contributed by atoms with Crippen LogP contribution >= 0.6 is 11.6 Å². The van der Waals surface area contributed by atoms with Crippen LogP contribution in [0.5, 0.6) is 5.75 Å². The van der Waals surface area contributed by atoms with Crippen LogP contribution in [0, 0.1) is 5.41 Å². The number of hydrogen-bond donors (Lipinski definition) is 1. The molecule has 0 aromatic heterocycles. The fourth-order valence-electron chi connectivity index (χ4n) is 3.82. The van der Waals surface area contributed by atoms with Gasteiger partial charge in [-0.2, -0.15) is 13.2 Å². The number of rotatable bonds is 6. The zero-order valence-corrected chi connectivity index (χ0v) is 17.4. The Labute approximate surface area is 182 Å². The molecule has 0 unspecified atom stereocenters. The Morgan fingerprint density at radius 1 is 1.10 bits per heavy atom. The van der Waals surface area contributed by atoms with E-state index in [9.17, 15) is 22.8 Å². The van der Waals surface area contributed by atoms with Gasteiger partial charge in [0.1, 0.15) is 5.75 Å². The summed E-state index contributed by atoms with van der Waals surface area (Å²) in [7, 11) is 0. The molecule has 2 N–H and O–H groups in total. The highest BCUT2D eigenvalue weighted by atomic mass is 35.5. The third kappa shape index (κ3) is 5.91. The monoisotopic (exact) mass is 454 g/mol. The van der Waals surface area contributed by atoms with Crippen molar-refractivity contribution in [3.63, 3.8) is 0 Å². The van der Waals surface area contributed by atoms with E-state index in [0.29, 0.717) is 30.2 Å². The van der Waals surface area contributed by atoms with Crippen molar-refractivity contribution in [3.8, 4) is 5.75 Å². The van der Waals surface area contributed by atoms with Crippen LogP contribution in [0.4, 0.5) is 13.2 Å². The molecular formula is C22H22ClF3N2O3. The number of nitrogens with two attached hydrogens (primary N) is 1. The normalized spacial score (nSPS) is 19.2. The highest BCUT2D eigenvalue weighted by molar-refractivity contribution is 6.30. The molecule has 0 saturated carbocycles. The van der Waals surface area contributed by atoms with Crippen LogP contribution < -0.4 is 10.5 Å². The number of halogens is 4. The van der Waals surface area contributed by atoms with Gasteiger partial charge >= 0.3 is 6.18 Å². The van der Waals surface area contributed by atoms with E-state index < -0.39 is 29.0 Å². The number of carbonyl (C=O) groups excluding carboxylic acids is 2. The fourth-order valence-corrected chi connectivity index (χ4v) is 3.94. The van der Waals surface area contributed by atoms with E-state index >= 15 is 0 Å². The van der Waals surface area contributed by atoms with Gasteiger partial charge in [-0.25, -0.2) is 0 Å². The van der Waals surface area contributed by atoms with E-state index in [4.69, 9.17) is 22.1 Å². The molecule has 166 valence electrons. The van der Waals surface area contributed by atoms with Crippen molar-refractivity contribution in [1.29, 1.82) is 0 Å². The minimum absolute atomic E-state index is 0.0252. The number of hydrogen-bond acceptors (Lipinski definition) is 3. The number of alkyl halides is 3. The summed E-state index contributed by atoms with van der Waals surface area (Å²) in [5.41, 5.74) is 4.11.